The number of ether oxygens (including phenoxy) is 1. The van der Waals surface area contributed by atoms with Crippen molar-refractivity contribution >= 4 is 22.7 Å². The van der Waals surface area contributed by atoms with Gasteiger partial charge in [0.2, 0.25) is 5.78 Å². The maximum atomic E-state index is 12.5. The molecule has 0 unspecified atom stereocenters. The second kappa shape index (κ2) is 7.61. The molecule has 140 valence electrons. The Morgan fingerprint density at radius 3 is 2.59 bits per heavy atom. The average Bonchev–Trinajstić information content (AvgIpc) is 2.94. The molecule has 3 aromatic rings. The third kappa shape index (κ3) is 3.69. The second-order valence-corrected chi connectivity index (χ2v) is 6.42. The Bertz CT molecular complexity index is 1070. The van der Waals surface area contributed by atoms with E-state index in [0.29, 0.717) is 16.5 Å². The Labute approximate surface area is 156 Å². The number of carbonyl (C=O) groups excluding carboxylic acids is 2. The molecule has 0 aliphatic heterocycles. The number of nitrogens with zero attached hydrogens (tertiary/aromatic N) is 1. The molecule has 27 heavy (non-hydrogen) atoms. The number of Topliss-reactive ketones (excluding diaryl/α,β-unsaturated/α-hetero) is 1. The highest BCUT2D eigenvalue weighted by molar-refractivity contribution is 6.00. The van der Waals surface area contributed by atoms with Gasteiger partial charge >= 0.3 is 11.6 Å². The number of ketones is 1. The van der Waals surface area contributed by atoms with Gasteiger partial charge in [-0.3, -0.25) is 4.79 Å². The highest BCUT2D eigenvalue weighted by atomic mass is 16.5. The van der Waals surface area contributed by atoms with Crippen LogP contribution in [0, 0.1) is 13.8 Å². The van der Waals surface area contributed by atoms with Crippen LogP contribution in [0.5, 0.6) is 0 Å². The highest BCUT2D eigenvalue weighted by Gasteiger charge is 2.20. The number of esters is 1. The Kier molecular flexibility index (Phi) is 5.26. The van der Waals surface area contributed by atoms with Crippen molar-refractivity contribution in [1.82, 2.24) is 4.57 Å². The van der Waals surface area contributed by atoms with E-state index >= 15 is 0 Å². The third-order valence-electron chi connectivity index (χ3n) is 4.52. The first-order valence-electron chi connectivity index (χ1n) is 8.82. The Hall–Kier alpha value is -3.15. The van der Waals surface area contributed by atoms with Gasteiger partial charge in [0, 0.05) is 28.9 Å². The summed E-state index contributed by atoms with van der Waals surface area (Å²) in [5.74, 6) is -1.17. The van der Waals surface area contributed by atoms with Gasteiger partial charge in [0.05, 0.1) is 0 Å². The van der Waals surface area contributed by atoms with Crippen LogP contribution in [-0.4, -0.2) is 22.9 Å². The van der Waals surface area contributed by atoms with E-state index in [9.17, 15) is 14.4 Å². The molecule has 0 spiro atoms. The topological polar surface area (TPSA) is 78.5 Å². The molecule has 0 atom stereocenters. The Morgan fingerprint density at radius 1 is 1.11 bits per heavy atom. The summed E-state index contributed by atoms with van der Waals surface area (Å²) in [6.45, 7) is 6.27. The lowest BCUT2D eigenvalue weighted by atomic mass is 10.1. The van der Waals surface area contributed by atoms with Crippen molar-refractivity contribution in [2.45, 2.75) is 33.7 Å². The van der Waals surface area contributed by atoms with Gasteiger partial charge in [0.1, 0.15) is 11.1 Å². The molecule has 3 rings (SSSR count). The van der Waals surface area contributed by atoms with Crippen molar-refractivity contribution in [1.29, 1.82) is 0 Å². The van der Waals surface area contributed by atoms with Gasteiger partial charge in [-0.1, -0.05) is 25.1 Å². The van der Waals surface area contributed by atoms with E-state index in [1.807, 2.05) is 13.8 Å². The molecular formula is C21H21NO5. The van der Waals surface area contributed by atoms with Crippen molar-refractivity contribution in [2.24, 2.45) is 0 Å². The molecule has 0 bridgehead atoms. The number of carbonyl (C=O) groups is 2. The minimum absolute atomic E-state index is 0.224. The van der Waals surface area contributed by atoms with Crippen LogP contribution >= 0.6 is 0 Å². The molecule has 0 amide bonds. The Balaban J connectivity index is 1.76. The molecule has 0 saturated carbocycles. The standard InChI is InChI=1S/C21H21NO5/c1-4-9-22-13(2)10-16(14(22)3)18(23)12-26-20(24)17-11-15-7-5-6-8-19(15)27-21(17)25/h5-8,10-11H,4,9,12H2,1-3H3. The quantitative estimate of drug-likeness (QED) is 0.377. The molecular weight excluding hydrogens is 346 g/mol. The first kappa shape index (κ1) is 18.6. The number of fused-ring (bicyclic) bond motifs is 1. The van der Waals surface area contributed by atoms with Gasteiger partial charge in [0.15, 0.2) is 6.61 Å². The van der Waals surface area contributed by atoms with Crippen LogP contribution in [0.4, 0.5) is 0 Å². The van der Waals surface area contributed by atoms with Gasteiger partial charge in [-0.25, -0.2) is 9.59 Å². The number of para-hydroxylation sites is 1. The second-order valence-electron chi connectivity index (χ2n) is 6.42. The lowest BCUT2D eigenvalue weighted by Crippen LogP contribution is -2.20. The summed E-state index contributed by atoms with van der Waals surface area (Å²) in [4.78, 5) is 36.7. The monoisotopic (exact) mass is 367 g/mol. The fourth-order valence-corrected chi connectivity index (χ4v) is 3.14. The van der Waals surface area contributed by atoms with Crippen LogP contribution < -0.4 is 5.63 Å². The summed E-state index contributed by atoms with van der Waals surface area (Å²) < 4.78 is 12.3. The van der Waals surface area contributed by atoms with Crippen LogP contribution in [0.2, 0.25) is 0 Å². The van der Waals surface area contributed by atoms with Crippen molar-refractivity contribution < 1.29 is 18.7 Å². The molecule has 6 nitrogen and oxygen atoms in total. The molecule has 0 saturated heterocycles. The summed E-state index contributed by atoms with van der Waals surface area (Å²) in [6, 6.07) is 10.1. The average molecular weight is 367 g/mol. The Morgan fingerprint density at radius 2 is 1.85 bits per heavy atom. The SMILES string of the molecule is CCCn1c(C)cc(C(=O)COC(=O)c2cc3ccccc3oc2=O)c1C. The maximum absolute atomic E-state index is 12.5. The largest absolute Gasteiger partial charge is 0.453 e. The van der Waals surface area contributed by atoms with Gasteiger partial charge in [-0.15, -0.1) is 0 Å². The molecule has 0 aliphatic rings. The third-order valence-corrected chi connectivity index (χ3v) is 4.52. The number of rotatable bonds is 6. The summed E-state index contributed by atoms with van der Waals surface area (Å²) in [7, 11) is 0. The molecule has 2 heterocycles. The lowest BCUT2D eigenvalue weighted by Gasteiger charge is -2.08. The number of hydrogen-bond acceptors (Lipinski definition) is 5. The number of hydrogen-bond donors (Lipinski definition) is 0. The van der Waals surface area contributed by atoms with E-state index in [1.165, 1.54) is 6.07 Å². The molecule has 0 aliphatic carbocycles. The van der Waals surface area contributed by atoms with E-state index in [4.69, 9.17) is 9.15 Å². The first-order valence-corrected chi connectivity index (χ1v) is 8.82. The van der Waals surface area contributed by atoms with Gasteiger partial charge in [-0.05, 0) is 38.5 Å². The van der Waals surface area contributed by atoms with Gasteiger partial charge in [0.25, 0.3) is 0 Å². The zero-order valence-corrected chi connectivity index (χ0v) is 15.6. The molecule has 2 aromatic heterocycles. The number of aryl methyl sites for hydroxylation is 1. The lowest BCUT2D eigenvalue weighted by molar-refractivity contribution is 0.0470. The fourth-order valence-electron chi connectivity index (χ4n) is 3.14. The van der Waals surface area contributed by atoms with Crippen LogP contribution in [0.25, 0.3) is 11.0 Å². The van der Waals surface area contributed by atoms with Gasteiger partial charge < -0.3 is 13.7 Å². The molecule has 6 heteroatoms. The predicted molar refractivity (Wildman–Crippen MR) is 101 cm³/mol. The van der Waals surface area contributed by atoms with Crippen LogP contribution in [0.3, 0.4) is 0 Å². The van der Waals surface area contributed by atoms with E-state index < -0.39 is 18.2 Å². The summed E-state index contributed by atoms with van der Waals surface area (Å²) in [5, 5.41) is 0.610. The molecule has 1 aromatic carbocycles. The van der Waals surface area contributed by atoms with Crippen LogP contribution in [-0.2, 0) is 11.3 Å². The van der Waals surface area contributed by atoms with Crippen LogP contribution in [0.15, 0.2) is 45.6 Å². The van der Waals surface area contributed by atoms with Crippen molar-refractivity contribution in [3.8, 4) is 0 Å². The van der Waals surface area contributed by atoms with Crippen molar-refractivity contribution in [3.05, 3.63) is 69.3 Å². The summed E-state index contributed by atoms with van der Waals surface area (Å²) in [6.07, 6.45) is 0.955. The van der Waals surface area contributed by atoms with E-state index in [2.05, 4.69) is 11.5 Å². The zero-order chi connectivity index (χ0) is 19.6. The maximum Gasteiger partial charge on any atom is 0.351 e. The van der Waals surface area contributed by atoms with E-state index in [1.54, 1.807) is 30.3 Å². The minimum Gasteiger partial charge on any atom is -0.453 e. The zero-order valence-electron chi connectivity index (χ0n) is 15.6. The minimum atomic E-state index is -0.870. The molecule has 0 radical (unpaired) electrons. The molecule has 0 N–H and O–H groups in total. The van der Waals surface area contributed by atoms with Crippen LogP contribution in [0.1, 0.15) is 45.4 Å². The summed E-state index contributed by atoms with van der Waals surface area (Å²) >= 11 is 0. The number of aromatic nitrogens is 1. The highest BCUT2D eigenvalue weighted by Crippen LogP contribution is 2.17. The van der Waals surface area contributed by atoms with E-state index in [0.717, 1.165) is 24.4 Å². The normalized spacial score (nSPS) is 10.9. The molecule has 0 fully saturated rings. The smallest absolute Gasteiger partial charge is 0.351 e. The first-order chi connectivity index (χ1) is 12.9. The summed E-state index contributed by atoms with van der Waals surface area (Å²) in [5.41, 5.74) is 1.74. The fraction of sp³-hybridized carbons (Fsp3) is 0.286. The van der Waals surface area contributed by atoms with Crippen molar-refractivity contribution in [3.63, 3.8) is 0 Å². The van der Waals surface area contributed by atoms with Gasteiger partial charge in [-0.2, -0.15) is 0 Å². The number of benzene rings is 1. The van der Waals surface area contributed by atoms with Crippen molar-refractivity contribution in [2.75, 3.05) is 6.61 Å². The predicted octanol–water partition coefficient (Wildman–Crippen LogP) is 3.66. The van der Waals surface area contributed by atoms with E-state index in [-0.39, 0.29) is 11.3 Å².